The minimum absolute atomic E-state index is 0.0192. The highest BCUT2D eigenvalue weighted by atomic mass is 32.1. The molecule has 134 valence electrons. The van der Waals surface area contributed by atoms with Crippen molar-refractivity contribution in [3.63, 3.8) is 0 Å². The SMILES string of the molecule is CC(C)N(Cc1ccccc1)C(=O)COC(=O)c1cc2ccccc2s1. The largest absolute Gasteiger partial charge is 0.451 e. The number of rotatable bonds is 6. The van der Waals surface area contributed by atoms with Crippen LogP contribution >= 0.6 is 11.3 Å². The number of esters is 1. The van der Waals surface area contributed by atoms with E-state index in [0.717, 1.165) is 15.6 Å². The fraction of sp³-hybridized carbons (Fsp3) is 0.238. The first-order valence-electron chi connectivity index (χ1n) is 8.53. The maximum atomic E-state index is 12.5. The Morgan fingerprint density at radius 2 is 1.73 bits per heavy atom. The summed E-state index contributed by atoms with van der Waals surface area (Å²) >= 11 is 1.37. The van der Waals surface area contributed by atoms with Gasteiger partial charge in [-0.25, -0.2) is 4.79 Å². The van der Waals surface area contributed by atoms with Crippen LogP contribution in [-0.4, -0.2) is 29.4 Å². The van der Waals surface area contributed by atoms with Gasteiger partial charge < -0.3 is 9.64 Å². The fourth-order valence-corrected chi connectivity index (χ4v) is 3.66. The summed E-state index contributed by atoms with van der Waals surface area (Å²) in [6.45, 7) is 4.15. The second-order valence-corrected chi connectivity index (χ2v) is 7.41. The molecule has 0 fully saturated rings. The highest BCUT2D eigenvalue weighted by molar-refractivity contribution is 7.20. The topological polar surface area (TPSA) is 46.6 Å². The molecule has 0 aliphatic heterocycles. The summed E-state index contributed by atoms with van der Waals surface area (Å²) in [7, 11) is 0. The predicted octanol–water partition coefficient (Wildman–Crippen LogP) is 4.50. The lowest BCUT2D eigenvalue weighted by atomic mass is 10.2. The maximum absolute atomic E-state index is 12.5. The van der Waals surface area contributed by atoms with Crippen molar-refractivity contribution >= 4 is 33.3 Å². The average molecular weight is 367 g/mol. The number of thiophene rings is 1. The van der Waals surface area contributed by atoms with Crippen molar-refractivity contribution in [2.75, 3.05) is 6.61 Å². The lowest BCUT2D eigenvalue weighted by molar-refractivity contribution is -0.136. The van der Waals surface area contributed by atoms with Crippen LogP contribution in [0.4, 0.5) is 0 Å². The van der Waals surface area contributed by atoms with Crippen molar-refractivity contribution in [3.8, 4) is 0 Å². The fourth-order valence-electron chi connectivity index (χ4n) is 2.70. The maximum Gasteiger partial charge on any atom is 0.348 e. The Morgan fingerprint density at radius 1 is 1.04 bits per heavy atom. The number of hydrogen-bond donors (Lipinski definition) is 0. The number of nitrogens with zero attached hydrogens (tertiary/aromatic N) is 1. The van der Waals surface area contributed by atoms with Crippen LogP contribution in [-0.2, 0) is 16.1 Å². The summed E-state index contributed by atoms with van der Waals surface area (Å²) in [4.78, 5) is 27.1. The predicted molar refractivity (Wildman–Crippen MR) is 104 cm³/mol. The van der Waals surface area contributed by atoms with Crippen molar-refractivity contribution in [3.05, 3.63) is 71.1 Å². The number of carbonyl (C=O) groups excluding carboxylic acids is 2. The first-order chi connectivity index (χ1) is 12.5. The second kappa shape index (κ2) is 8.15. The Labute approximate surface area is 157 Å². The quantitative estimate of drug-likeness (QED) is 0.603. The van der Waals surface area contributed by atoms with E-state index in [9.17, 15) is 9.59 Å². The van der Waals surface area contributed by atoms with Gasteiger partial charge in [0.05, 0.1) is 0 Å². The minimum atomic E-state index is -0.456. The van der Waals surface area contributed by atoms with Gasteiger partial charge in [-0.3, -0.25) is 4.79 Å². The van der Waals surface area contributed by atoms with E-state index in [4.69, 9.17) is 4.74 Å². The number of carbonyl (C=O) groups is 2. The molecular weight excluding hydrogens is 346 g/mol. The molecule has 1 amide bonds. The van der Waals surface area contributed by atoms with Gasteiger partial charge in [0.2, 0.25) is 0 Å². The Morgan fingerprint density at radius 3 is 2.42 bits per heavy atom. The molecule has 26 heavy (non-hydrogen) atoms. The third-order valence-electron chi connectivity index (χ3n) is 4.09. The monoisotopic (exact) mass is 367 g/mol. The van der Waals surface area contributed by atoms with Crippen molar-refractivity contribution in [1.82, 2.24) is 4.90 Å². The van der Waals surface area contributed by atoms with Gasteiger partial charge in [0.25, 0.3) is 5.91 Å². The molecule has 0 aliphatic rings. The summed E-state index contributed by atoms with van der Waals surface area (Å²) in [5.41, 5.74) is 1.05. The van der Waals surface area contributed by atoms with Gasteiger partial charge in [-0.05, 0) is 36.9 Å². The molecule has 0 saturated carbocycles. The molecule has 2 aromatic carbocycles. The van der Waals surface area contributed by atoms with Crippen LogP contribution in [0.25, 0.3) is 10.1 Å². The zero-order valence-corrected chi connectivity index (χ0v) is 15.7. The number of amides is 1. The van der Waals surface area contributed by atoms with Gasteiger partial charge in [-0.15, -0.1) is 11.3 Å². The van der Waals surface area contributed by atoms with E-state index >= 15 is 0 Å². The Bertz CT molecular complexity index is 869. The van der Waals surface area contributed by atoms with Gasteiger partial charge in [-0.2, -0.15) is 0 Å². The van der Waals surface area contributed by atoms with E-state index < -0.39 is 5.97 Å². The van der Waals surface area contributed by atoms with E-state index in [1.165, 1.54) is 11.3 Å². The van der Waals surface area contributed by atoms with E-state index in [-0.39, 0.29) is 18.6 Å². The van der Waals surface area contributed by atoms with Gasteiger partial charge in [-0.1, -0.05) is 48.5 Å². The first kappa shape index (κ1) is 18.1. The molecule has 0 spiro atoms. The summed E-state index contributed by atoms with van der Waals surface area (Å²) in [5, 5.41) is 1.00. The smallest absolute Gasteiger partial charge is 0.348 e. The first-order valence-corrected chi connectivity index (χ1v) is 9.35. The van der Waals surface area contributed by atoms with Crippen molar-refractivity contribution in [2.45, 2.75) is 26.4 Å². The minimum Gasteiger partial charge on any atom is -0.451 e. The third-order valence-corrected chi connectivity index (χ3v) is 5.19. The van der Waals surface area contributed by atoms with Gasteiger partial charge in [0.1, 0.15) is 4.88 Å². The van der Waals surface area contributed by atoms with Crippen LogP contribution in [0.3, 0.4) is 0 Å². The molecule has 0 aliphatic carbocycles. The van der Waals surface area contributed by atoms with Gasteiger partial charge in [0, 0.05) is 17.3 Å². The molecule has 0 unspecified atom stereocenters. The molecule has 3 rings (SSSR count). The number of hydrogen-bond acceptors (Lipinski definition) is 4. The summed E-state index contributed by atoms with van der Waals surface area (Å²) < 4.78 is 6.30. The van der Waals surface area contributed by atoms with E-state index in [0.29, 0.717) is 11.4 Å². The summed E-state index contributed by atoms with van der Waals surface area (Å²) in [5.74, 6) is -0.652. The Hall–Kier alpha value is -2.66. The number of ether oxygens (including phenoxy) is 1. The van der Waals surface area contributed by atoms with Crippen molar-refractivity contribution in [1.29, 1.82) is 0 Å². The molecule has 0 saturated heterocycles. The van der Waals surface area contributed by atoms with Crippen molar-refractivity contribution in [2.24, 2.45) is 0 Å². The van der Waals surface area contributed by atoms with Crippen LogP contribution in [0.5, 0.6) is 0 Å². The van der Waals surface area contributed by atoms with Crippen LogP contribution < -0.4 is 0 Å². The van der Waals surface area contributed by atoms with Crippen LogP contribution in [0.15, 0.2) is 60.7 Å². The zero-order valence-electron chi connectivity index (χ0n) is 14.8. The summed E-state index contributed by atoms with van der Waals surface area (Å²) in [6, 6.07) is 19.4. The van der Waals surface area contributed by atoms with Crippen LogP contribution in [0, 0.1) is 0 Å². The Kier molecular flexibility index (Phi) is 5.68. The molecular formula is C21H21NO3S. The third kappa shape index (κ3) is 4.29. The standard InChI is InChI=1S/C21H21NO3S/c1-15(2)22(13-16-8-4-3-5-9-16)20(23)14-25-21(24)19-12-17-10-6-7-11-18(17)26-19/h3-12,15H,13-14H2,1-2H3. The molecule has 1 heterocycles. The lowest BCUT2D eigenvalue weighted by Gasteiger charge is -2.26. The van der Waals surface area contributed by atoms with Gasteiger partial charge in [0.15, 0.2) is 6.61 Å². The van der Waals surface area contributed by atoms with E-state index in [2.05, 4.69) is 0 Å². The van der Waals surface area contributed by atoms with Crippen LogP contribution in [0.2, 0.25) is 0 Å². The lowest BCUT2D eigenvalue weighted by Crippen LogP contribution is -2.39. The normalized spacial score (nSPS) is 10.9. The van der Waals surface area contributed by atoms with Crippen LogP contribution in [0.1, 0.15) is 29.1 Å². The zero-order chi connectivity index (χ0) is 18.5. The molecule has 0 atom stereocenters. The number of fused-ring (bicyclic) bond motifs is 1. The molecule has 1 aromatic heterocycles. The highest BCUT2D eigenvalue weighted by Crippen LogP contribution is 2.25. The van der Waals surface area contributed by atoms with Gasteiger partial charge >= 0.3 is 5.97 Å². The number of benzene rings is 2. The molecule has 0 bridgehead atoms. The summed E-state index contributed by atoms with van der Waals surface area (Å²) in [6.07, 6.45) is 0. The highest BCUT2D eigenvalue weighted by Gasteiger charge is 2.20. The molecule has 0 radical (unpaired) electrons. The van der Waals surface area contributed by atoms with E-state index in [1.54, 1.807) is 11.0 Å². The molecule has 3 aromatic rings. The van der Waals surface area contributed by atoms with Crippen molar-refractivity contribution < 1.29 is 14.3 Å². The molecule has 0 N–H and O–H groups in total. The Balaban J connectivity index is 1.63. The van der Waals surface area contributed by atoms with E-state index in [1.807, 2.05) is 68.4 Å². The second-order valence-electron chi connectivity index (χ2n) is 6.33. The average Bonchev–Trinajstić information content (AvgIpc) is 3.09. The molecule has 5 heteroatoms. The molecule has 4 nitrogen and oxygen atoms in total.